The lowest BCUT2D eigenvalue weighted by molar-refractivity contribution is 0.179. The summed E-state index contributed by atoms with van der Waals surface area (Å²) in [6, 6.07) is 7.65. The highest BCUT2D eigenvalue weighted by molar-refractivity contribution is 5.99. The number of hydrogen-bond donors (Lipinski definition) is 1. The maximum atomic E-state index is 13.0. The molecule has 36 heavy (non-hydrogen) atoms. The van der Waals surface area contributed by atoms with Crippen molar-refractivity contribution in [3.63, 3.8) is 0 Å². The van der Waals surface area contributed by atoms with Crippen LogP contribution in [0.25, 0.3) is 10.9 Å². The van der Waals surface area contributed by atoms with E-state index < -0.39 is 0 Å². The lowest BCUT2D eigenvalue weighted by atomic mass is 9.99. The first-order valence-electron chi connectivity index (χ1n) is 12.6. The highest BCUT2D eigenvalue weighted by Gasteiger charge is 2.29. The molecule has 0 bridgehead atoms. The third kappa shape index (κ3) is 4.13. The van der Waals surface area contributed by atoms with Gasteiger partial charge in [-0.2, -0.15) is 0 Å². The van der Waals surface area contributed by atoms with Gasteiger partial charge in [0.2, 0.25) is 5.88 Å². The lowest BCUT2D eigenvalue weighted by Gasteiger charge is -2.34. The molecule has 9 heteroatoms. The zero-order valence-corrected chi connectivity index (χ0v) is 20.8. The van der Waals surface area contributed by atoms with E-state index in [1.807, 2.05) is 31.2 Å². The zero-order chi connectivity index (χ0) is 24.8. The van der Waals surface area contributed by atoms with Crippen LogP contribution in [0.5, 0.6) is 11.6 Å². The average Bonchev–Trinajstić information content (AvgIpc) is 3.45. The van der Waals surface area contributed by atoms with Crippen molar-refractivity contribution in [1.82, 2.24) is 24.6 Å². The summed E-state index contributed by atoms with van der Waals surface area (Å²) in [6.45, 7) is 8.31. The van der Waals surface area contributed by atoms with E-state index in [1.54, 1.807) is 17.1 Å². The second-order valence-corrected chi connectivity index (χ2v) is 9.86. The van der Waals surface area contributed by atoms with Gasteiger partial charge in [0, 0.05) is 47.3 Å². The number of fused-ring (bicyclic) bond motifs is 2. The summed E-state index contributed by atoms with van der Waals surface area (Å²) in [5.41, 5.74) is 3.84. The van der Waals surface area contributed by atoms with Gasteiger partial charge in [-0.15, -0.1) is 0 Å². The van der Waals surface area contributed by atoms with Gasteiger partial charge in [0.1, 0.15) is 17.8 Å². The standard InChI is InChI=1S/C27H30N6O3/c1-4-10-32-14-21-20(12-16(32)2)26(29-15-28-21)35-23-8-7-22-19(17(23)3)9-11-33(22)27(34)30-25-13-24(36-31-25)18-5-6-18/h7-9,11,13,15-16,18H,4-6,10,12,14H2,1-3H3,(H,30,31,34). The van der Waals surface area contributed by atoms with Crippen molar-refractivity contribution in [1.29, 1.82) is 0 Å². The monoisotopic (exact) mass is 486 g/mol. The Labute approximate surface area is 209 Å². The molecule has 9 nitrogen and oxygen atoms in total. The number of anilines is 1. The molecule has 0 saturated heterocycles. The zero-order valence-electron chi connectivity index (χ0n) is 20.8. The summed E-state index contributed by atoms with van der Waals surface area (Å²) < 4.78 is 13.3. The van der Waals surface area contributed by atoms with Crippen molar-refractivity contribution in [3.05, 3.63) is 59.4 Å². The van der Waals surface area contributed by atoms with Crippen molar-refractivity contribution in [3.8, 4) is 11.6 Å². The summed E-state index contributed by atoms with van der Waals surface area (Å²) in [6.07, 6.45) is 7.54. The van der Waals surface area contributed by atoms with E-state index in [9.17, 15) is 4.79 Å². The minimum atomic E-state index is -0.288. The van der Waals surface area contributed by atoms with Crippen molar-refractivity contribution in [2.75, 3.05) is 11.9 Å². The molecule has 1 atom stereocenters. The number of nitrogens with one attached hydrogen (secondary N) is 1. The Morgan fingerprint density at radius 3 is 2.92 bits per heavy atom. The van der Waals surface area contributed by atoms with Crippen LogP contribution in [0.15, 0.2) is 41.3 Å². The highest BCUT2D eigenvalue weighted by atomic mass is 16.5. The topological polar surface area (TPSA) is 98.3 Å². The molecule has 3 aromatic heterocycles. The first kappa shape index (κ1) is 22.7. The molecule has 1 unspecified atom stereocenters. The number of carbonyl (C=O) groups is 1. The SMILES string of the molecule is CCCN1Cc2ncnc(Oc3ccc4c(ccn4C(=O)Nc4cc(C5CC5)on4)c3C)c2CC1C. The molecule has 1 amide bonds. The maximum Gasteiger partial charge on any atom is 0.331 e. The van der Waals surface area contributed by atoms with Crippen molar-refractivity contribution in [2.45, 2.75) is 65.0 Å². The Balaban J connectivity index is 1.24. The van der Waals surface area contributed by atoms with Crippen molar-refractivity contribution >= 4 is 22.8 Å². The van der Waals surface area contributed by atoms with E-state index in [4.69, 9.17) is 9.26 Å². The highest BCUT2D eigenvalue weighted by Crippen LogP contribution is 2.41. The fourth-order valence-corrected chi connectivity index (χ4v) is 5.03. The number of aromatic nitrogens is 4. The van der Waals surface area contributed by atoms with Crippen LogP contribution in [0.1, 0.15) is 61.6 Å². The molecule has 1 aromatic carbocycles. The van der Waals surface area contributed by atoms with Crippen LogP contribution in [-0.2, 0) is 13.0 Å². The van der Waals surface area contributed by atoms with E-state index in [1.165, 1.54) is 0 Å². The molecule has 1 fully saturated rings. The van der Waals surface area contributed by atoms with Crippen LogP contribution < -0.4 is 10.1 Å². The molecule has 4 heterocycles. The number of benzene rings is 1. The van der Waals surface area contributed by atoms with Gasteiger partial charge in [-0.25, -0.2) is 14.8 Å². The van der Waals surface area contributed by atoms with Gasteiger partial charge >= 0.3 is 6.03 Å². The van der Waals surface area contributed by atoms with Gasteiger partial charge < -0.3 is 9.26 Å². The number of ether oxygens (including phenoxy) is 1. The fraction of sp³-hybridized carbons (Fsp3) is 0.407. The van der Waals surface area contributed by atoms with Crippen molar-refractivity contribution in [2.24, 2.45) is 0 Å². The predicted molar refractivity (Wildman–Crippen MR) is 136 cm³/mol. The Bertz CT molecular complexity index is 1440. The first-order chi connectivity index (χ1) is 17.5. The maximum absolute atomic E-state index is 13.0. The normalized spacial score (nSPS) is 17.8. The molecule has 4 aromatic rings. The third-order valence-corrected chi connectivity index (χ3v) is 7.24. The number of amides is 1. The van der Waals surface area contributed by atoms with E-state index in [0.29, 0.717) is 23.7 Å². The molecule has 2 aliphatic rings. The number of aryl methyl sites for hydroxylation is 1. The van der Waals surface area contributed by atoms with Crippen LogP contribution in [0, 0.1) is 6.92 Å². The van der Waals surface area contributed by atoms with E-state index in [-0.39, 0.29) is 6.03 Å². The number of carbonyl (C=O) groups excluding carboxylic acids is 1. The Kier molecular flexibility index (Phi) is 5.72. The second-order valence-electron chi connectivity index (χ2n) is 9.86. The molecule has 1 aliphatic heterocycles. The Morgan fingerprint density at radius 2 is 2.11 bits per heavy atom. The lowest BCUT2D eigenvalue weighted by Crippen LogP contribution is -2.39. The van der Waals surface area contributed by atoms with Gasteiger partial charge in [0.25, 0.3) is 0 Å². The van der Waals surface area contributed by atoms with Crippen LogP contribution in [0.3, 0.4) is 0 Å². The van der Waals surface area contributed by atoms with Gasteiger partial charge in [-0.1, -0.05) is 12.1 Å². The van der Waals surface area contributed by atoms with E-state index in [2.05, 4.69) is 39.2 Å². The van der Waals surface area contributed by atoms with E-state index in [0.717, 1.165) is 78.0 Å². The van der Waals surface area contributed by atoms with Gasteiger partial charge in [0.05, 0.1) is 11.2 Å². The van der Waals surface area contributed by atoms with Crippen molar-refractivity contribution < 1.29 is 14.1 Å². The minimum Gasteiger partial charge on any atom is -0.438 e. The predicted octanol–water partition coefficient (Wildman–Crippen LogP) is 5.63. The number of nitrogens with zero attached hydrogens (tertiary/aromatic N) is 5. The van der Waals surface area contributed by atoms with E-state index >= 15 is 0 Å². The number of rotatable bonds is 6. The first-order valence-corrected chi connectivity index (χ1v) is 12.6. The molecule has 0 spiro atoms. The fourth-order valence-electron chi connectivity index (χ4n) is 5.03. The van der Waals surface area contributed by atoms with Crippen LogP contribution >= 0.6 is 0 Å². The number of hydrogen-bond acceptors (Lipinski definition) is 7. The summed E-state index contributed by atoms with van der Waals surface area (Å²) in [4.78, 5) is 24.4. The van der Waals surface area contributed by atoms with Gasteiger partial charge in [-0.3, -0.25) is 14.8 Å². The van der Waals surface area contributed by atoms with Gasteiger partial charge in [-0.05, 0) is 64.3 Å². The van der Waals surface area contributed by atoms with Crippen LogP contribution in [0.4, 0.5) is 10.6 Å². The molecule has 1 N–H and O–H groups in total. The summed E-state index contributed by atoms with van der Waals surface area (Å²) in [5.74, 6) is 3.03. The quantitative estimate of drug-likeness (QED) is 0.377. The molecule has 6 rings (SSSR count). The molecular weight excluding hydrogens is 456 g/mol. The molecular formula is C27H30N6O3. The summed E-state index contributed by atoms with van der Waals surface area (Å²) >= 11 is 0. The second kappa shape index (κ2) is 9.05. The Morgan fingerprint density at radius 1 is 1.25 bits per heavy atom. The smallest absolute Gasteiger partial charge is 0.331 e. The summed E-state index contributed by atoms with van der Waals surface area (Å²) in [7, 11) is 0. The largest absolute Gasteiger partial charge is 0.438 e. The third-order valence-electron chi connectivity index (χ3n) is 7.24. The van der Waals surface area contributed by atoms with Gasteiger partial charge in [0.15, 0.2) is 5.82 Å². The Hall–Kier alpha value is -3.72. The minimum absolute atomic E-state index is 0.288. The molecule has 1 saturated carbocycles. The molecule has 0 radical (unpaired) electrons. The molecule has 186 valence electrons. The van der Waals surface area contributed by atoms with Crippen LogP contribution in [-0.4, -0.2) is 43.2 Å². The molecule has 1 aliphatic carbocycles. The summed E-state index contributed by atoms with van der Waals surface area (Å²) in [5, 5.41) is 7.75. The van der Waals surface area contributed by atoms with Crippen LogP contribution in [0.2, 0.25) is 0 Å². The average molecular weight is 487 g/mol.